The highest BCUT2D eigenvalue weighted by molar-refractivity contribution is 7.89. The summed E-state index contributed by atoms with van der Waals surface area (Å²) in [6.45, 7) is 4.49. The molecule has 5 rings (SSSR count). The van der Waals surface area contributed by atoms with E-state index in [1.54, 1.807) is 35.0 Å². The van der Waals surface area contributed by atoms with E-state index in [1.165, 1.54) is 7.11 Å². The molecule has 4 aromatic rings. The van der Waals surface area contributed by atoms with Gasteiger partial charge in [-0.1, -0.05) is 18.5 Å². The Hall–Kier alpha value is -3.21. The van der Waals surface area contributed by atoms with Gasteiger partial charge in [-0.25, -0.2) is 22.6 Å². The number of halogens is 1. The second-order valence-corrected chi connectivity index (χ2v) is 10.9. The number of hydrogen-bond acceptors (Lipinski definition) is 7. The van der Waals surface area contributed by atoms with Gasteiger partial charge in [-0.15, -0.1) is 0 Å². The molecule has 0 unspecified atom stereocenters. The van der Waals surface area contributed by atoms with Gasteiger partial charge in [0.1, 0.15) is 10.6 Å². The summed E-state index contributed by atoms with van der Waals surface area (Å²) >= 11 is 6.40. The predicted octanol–water partition coefficient (Wildman–Crippen LogP) is 4.38. The molecule has 0 saturated heterocycles. The number of imidazole rings is 1. The molecule has 2 N–H and O–H groups in total. The molecule has 0 bridgehead atoms. The van der Waals surface area contributed by atoms with E-state index in [2.05, 4.69) is 33.1 Å². The van der Waals surface area contributed by atoms with Crippen molar-refractivity contribution in [2.45, 2.75) is 50.6 Å². The Morgan fingerprint density at radius 1 is 1.19 bits per heavy atom. The zero-order valence-electron chi connectivity index (χ0n) is 20.2. The van der Waals surface area contributed by atoms with Crippen LogP contribution in [0.4, 0.5) is 5.69 Å². The lowest BCUT2D eigenvalue weighted by Gasteiger charge is -2.13. The van der Waals surface area contributed by atoms with Crippen LogP contribution in [0.25, 0.3) is 16.9 Å². The summed E-state index contributed by atoms with van der Waals surface area (Å²) in [6, 6.07) is 10.8. The molecule has 1 fully saturated rings. The molecule has 0 aliphatic heterocycles. The van der Waals surface area contributed by atoms with Crippen molar-refractivity contribution in [3.05, 3.63) is 64.7 Å². The number of anilines is 1. The van der Waals surface area contributed by atoms with Crippen molar-refractivity contribution in [2.24, 2.45) is 0 Å². The average Bonchev–Trinajstić information content (AvgIpc) is 3.61. The van der Waals surface area contributed by atoms with Gasteiger partial charge in [-0.2, -0.15) is 5.10 Å². The number of sulfonamides is 1. The van der Waals surface area contributed by atoms with Gasteiger partial charge in [-0.05, 0) is 62.1 Å². The van der Waals surface area contributed by atoms with Crippen LogP contribution in [0, 0.1) is 6.92 Å². The zero-order chi connectivity index (χ0) is 25.4. The summed E-state index contributed by atoms with van der Waals surface area (Å²) in [5.74, 6) is 0.274. The molecule has 0 spiro atoms. The van der Waals surface area contributed by atoms with Crippen molar-refractivity contribution in [2.75, 3.05) is 12.4 Å². The van der Waals surface area contributed by atoms with Gasteiger partial charge in [0, 0.05) is 36.1 Å². The van der Waals surface area contributed by atoms with Crippen LogP contribution in [0.3, 0.4) is 0 Å². The summed E-state index contributed by atoms with van der Waals surface area (Å²) in [4.78, 5) is 9.17. The number of nitrogens with one attached hydrogen (secondary N) is 2. The lowest BCUT2D eigenvalue weighted by Crippen LogP contribution is -2.26. The number of methoxy groups -OCH3 is 1. The minimum absolute atomic E-state index is 0.0243. The van der Waals surface area contributed by atoms with Gasteiger partial charge in [0.2, 0.25) is 10.0 Å². The van der Waals surface area contributed by atoms with E-state index in [9.17, 15) is 8.42 Å². The highest BCUT2D eigenvalue weighted by Crippen LogP contribution is 2.34. The summed E-state index contributed by atoms with van der Waals surface area (Å²) in [5, 5.41) is 8.17. The van der Waals surface area contributed by atoms with Crippen molar-refractivity contribution in [1.29, 1.82) is 0 Å². The second-order valence-electron chi connectivity index (χ2n) is 8.79. The van der Waals surface area contributed by atoms with Crippen LogP contribution >= 0.6 is 11.6 Å². The third-order valence-electron chi connectivity index (χ3n) is 6.08. The fourth-order valence-corrected chi connectivity index (χ4v) is 5.79. The summed E-state index contributed by atoms with van der Waals surface area (Å²) in [7, 11) is -2.29. The van der Waals surface area contributed by atoms with Gasteiger partial charge in [0.15, 0.2) is 10.8 Å². The Kier molecular flexibility index (Phi) is 6.59. The van der Waals surface area contributed by atoms with Crippen LogP contribution in [0.1, 0.15) is 36.7 Å². The monoisotopic (exact) mass is 526 g/mol. The smallest absolute Gasteiger partial charge is 0.244 e. The largest absolute Gasteiger partial charge is 0.495 e. The van der Waals surface area contributed by atoms with Crippen molar-refractivity contribution in [3.8, 4) is 17.0 Å². The summed E-state index contributed by atoms with van der Waals surface area (Å²) in [5.41, 5.74) is 5.40. The first-order valence-corrected chi connectivity index (χ1v) is 13.6. The Bertz CT molecular complexity index is 1550. The molecule has 11 heteroatoms. The van der Waals surface area contributed by atoms with E-state index < -0.39 is 10.0 Å². The Morgan fingerprint density at radius 3 is 2.72 bits per heavy atom. The third-order valence-corrected chi connectivity index (χ3v) is 7.81. The Labute approximate surface area is 214 Å². The molecule has 1 aliphatic carbocycles. The SMILES string of the molecule is CCc1cc(CNc2cc(Cl)nn3c(-c4ccc(OC)c(S(=O)(=O)NC5CC5)c4)c(C)nc23)ccn1. The van der Waals surface area contributed by atoms with Crippen LogP contribution in [0.15, 0.2) is 47.5 Å². The number of aromatic nitrogens is 4. The maximum Gasteiger partial charge on any atom is 0.244 e. The molecule has 1 aromatic carbocycles. The minimum atomic E-state index is -3.75. The first kappa shape index (κ1) is 24.5. The molecule has 0 radical (unpaired) electrons. The summed E-state index contributed by atoms with van der Waals surface area (Å²) in [6.07, 6.45) is 4.34. The van der Waals surface area contributed by atoms with Crippen LogP contribution in [0.5, 0.6) is 5.75 Å². The van der Waals surface area contributed by atoms with Gasteiger partial charge in [-0.3, -0.25) is 4.98 Å². The lowest BCUT2D eigenvalue weighted by atomic mass is 10.1. The number of hydrogen-bond donors (Lipinski definition) is 2. The third kappa shape index (κ3) is 4.88. The average molecular weight is 527 g/mol. The number of benzene rings is 1. The number of fused-ring (bicyclic) bond motifs is 1. The first-order chi connectivity index (χ1) is 17.3. The molecule has 0 atom stereocenters. The molecular formula is C25H27ClN6O3S. The maximum absolute atomic E-state index is 13.0. The van der Waals surface area contributed by atoms with Crippen LogP contribution in [-0.2, 0) is 23.0 Å². The van der Waals surface area contributed by atoms with Gasteiger partial charge in [0.25, 0.3) is 0 Å². The van der Waals surface area contributed by atoms with E-state index in [0.717, 1.165) is 36.2 Å². The number of nitrogens with zero attached hydrogens (tertiary/aromatic N) is 4. The van der Waals surface area contributed by atoms with E-state index >= 15 is 0 Å². The lowest BCUT2D eigenvalue weighted by molar-refractivity contribution is 0.402. The van der Waals surface area contributed by atoms with Gasteiger partial charge >= 0.3 is 0 Å². The van der Waals surface area contributed by atoms with Crippen molar-refractivity contribution < 1.29 is 13.2 Å². The van der Waals surface area contributed by atoms with E-state index in [0.29, 0.717) is 29.1 Å². The molecule has 36 heavy (non-hydrogen) atoms. The number of ether oxygens (including phenoxy) is 1. The Balaban J connectivity index is 1.55. The second kappa shape index (κ2) is 9.68. The molecule has 0 amide bonds. The quantitative estimate of drug-likeness (QED) is 0.333. The van der Waals surface area contributed by atoms with Gasteiger partial charge < -0.3 is 10.1 Å². The van der Waals surface area contributed by atoms with E-state index in [-0.39, 0.29) is 21.8 Å². The van der Waals surface area contributed by atoms with Gasteiger partial charge in [0.05, 0.1) is 24.2 Å². The van der Waals surface area contributed by atoms with Crippen molar-refractivity contribution >= 4 is 33.0 Å². The molecule has 188 valence electrons. The van der Waals surface area contributed by atoms with Crippen molar-refractivity contribution in [3.63, 3.8) is 0 Å². The van der Waals surface area contributed by atoms with Crippen LogP contribution in [-0.4, -0.2) is 41.2 Å². The van der Waals surface area contributed by atoms with E-state index in [4.69, 9.17) is 21.3 Å². The molecule has 9 nitrogen and oxygen atoms in total. The van der Waals surface area contributed by atoms with Crippen LogP contribution in [0.2, 0.25) is 5.15 Å². The minimum Gasteiger partial charge on any atom is -0.495 e. The molecular weight excluding hydrogens is 500 g/mol. The normalized spacial score (nSPS) is 13.8. The molecule has 1 aliphatic rings. The van der Waals surface area contributed by atoms with E-state index in [1.807, 2.05) is 13.0 Å². The Morgan fingerprint density at radius 2 is 2.00 bits per heavy atom. The number of pyridine rings is 1. The number of aryl methyl sites for hydroxylation is 2. The fraction of sp³-hybridized carbons (Fsp3) is 0.320. The standard InChI is InChI=1S/C25H27ClN6O3S/c1-4-18-11-16(9-10-27-18)14-28-20-13-23(26)30-32-24(15(2)29-25(20)32)17-5-8-21(35-3)22(12-17)36(33,34)31-19-6-7-19/h5,8-13,19,28,31H,4,6-7,14H2,1-3H3. The highest BCUT2D eigenvalue weighted by Gasteiger charge is 2.30. The predicted molar refractivity (Wildman–Crippen MR) is 139 cm³/mol. The van der Waals surface area contributed by atoms with Crippen LogP contribution < -0.4 is 14.8 Å². The summed E-state index contributed by atoms with van der Waals surface area (Å²) < 4.78 is 35.8. The van der Waals surface area contributed by atoms with Crippen molar-refractivity contribution in [1.82, 2.24) is 24.3 Å². The molecule has 3 heterocycles. The maximum atomic E-state index is 13.0. The highest BCUT2D eigenvalue weighted by atomic mass is 35.5. The molecule has 1 saturated carbocycles. The first-order valence-electron chi connectivity index (χ1n) is 11.7. The number of rotatable bonds is 9. The zero-order valence-corrected chi connectivity index (χ0v) is 21.8. The fourth-order valence-electron chi connectivity index (χ4n) is 4.11. The molecule has 3 aromatic heterocycles. The topological polar surface area (TPSA) is 111 Å².